The lowest BCUT2D eigenvalue weighted by Crippen LogP contribution is -1.96. The Morgan fingerprint density at radius 2 is 1.65 bits per heavy atom. The zero-order valence-electron chi connectivity index (χ0n) is 15.2. The molecule has 0 fully saturated rings. The van der Waals surface area contributed by atoms with Crippen LogP contribution in [-0.2, 0) is 0 Å². The monoisotopic (exact) mass is 352 g/mol. The van der Waals surface area contributed by atoms with Gasteiger partial charge in [-0.25, -0.2) is 0 Å². The van der Waals surface area contributed by atoms with Crippen LogP contribution in [-0.4, -0.2) is 27.1 Å². The van der Waals surface area contributed by atoms with E-state index in [1.807, 2.05) is 25.1 Å². The molecule has 0 radical (unpaired) electrons. The number of carbonyl (C=O) groups excluding carboxylic acids is 1. The average Bonchev–Trinajstić information content (AvgIpc) is 3.08. The molecule has 134 valence electrons. The lowest BCUT2D eigenvalue weighted by atomic mass is 10.1. The van der Waals surface area contributed by atoms with Gasteiger partial charge in [0.05, 0.1) is 21.3 Å². The van der Waals surface area contributed by atoms with E-state index in [1.165, 1.54) is 6.08 Å². The molecule has 0 saturated carbocycles. The van der Waals surface area contributed by atoms with E-state index in [9.17, 15) is 4.79 Å². The van der Waals surface area contributed by atoms with Crippen LogP contribution in [0, 0.1) is 6.92 Å². The van der Waals surface area contributed by atoms with E-state index in [-0.39, 0.29) is 5.78 Å². The zero-order valence-corrected chi connectivity index (χ0v) is 15.2. The van der Waals surface area contributed by atoms with E-state index < -0.39 is 0 Å². The third-order valence-corrected chi connectivity index (χ3v) is 4.03. The van der Waals surface area contributed by atoms with Crippen LogP contribution in [0.2, 0.25) is 0 Å². The first-order chi connectivity index (χ1) is 12.5. The molecule has 0 atom stereocenters. The first-order valence-electron chi connectivity index (χ1n) is 8.08. The molecule has 0 aliphatic heterocycles. The summed E-state index contributed by atoms with van der Waals surface area (Å²) in [5.74, 6) is 1.64. The molecule has 26 heavy (non-hydrogen) atoms. The maximum absolute atomic E-state index is 12.4. The normalized spacial score (nSPS) is 11.1. The standard InChI is InChI=1S/C21H20O5/c1-13-5-7-15-12-18(26-17(15)9-13)16(22)8-6-14-10-19(23-2)21(25-4)20(11-14)24-3/h5-12H,1-4H3/b8-6+. The number of hydrogen-bond acceptors (Lipinski definition) is 5. The Balaban J connectivity index is 1.89. The second-order valence-electron chi connectivity index (χ2n) is 5.81. The Bertz CT molecular complexity index is 956. The topological polar surface area (TPSA) is 57.9 Å². The molecule has 5 nitrogen and oxygen atoms in total. The lowest BCUT2D eigenvalue weighted by Gasteiger charge is -2.12. The van der Waals surface area contributed by atoms with Gasteiger partial charge in [-0.3, -0.25) is 4.79 Å². The fourth-order valence-electron chi connectivity index (χ4n) is 2.71. The van der Waals surface area contributed by atoms with E-state index in [4.69, 9.17) is 18.6 Å². The third-order valence-electron chi connectivity index (χ3n) is 4.03. The first-order valence-corrected chi connectivity index (χ1v) is 8.08. The van der Waals surface area contributed by atoms with Crippen LogP contribution in [0.1, 0.15) is 21.7 Å². The molecular weight excluding hydrogens is 332 g/mol. The van der Waals surface area contributed by atoms with Crippen LogP contribution in [0.4, 0.5) is 0 Å². The van der Waals surface area contributed by atoms with Crippen LogP contribution in [0.15, 0.2) is 46.9 Å². The van der Waals surface area contributed by atoms with E-state index in [2.05, 4.69) is 0 Å². The van der Waals surface area contributed by atoms with Crippen molar-refractivity contribution in [1.82, 2.24) is 0 Å². The minimum atomic E-state index is -0.215. The molecule has 0 amide bonds. The first kappa shape index (κ1) is 17.6. The molecule has 0 bridgehead atoms. The minimum Gasteiger partial charge on any atom is -0.493 e. The molecule has 1 heterocycles. The van der Waals surface area contributed by atoms with E-state index >= 15 is 0 Å². The number of benzene rings is 2. The fourth-order valence-corrected chi connectivity index (χ4v) is 2.71. The van der Waals surface area contributed by atoms with Gasteiger partial charge >= 0.3 is 0 Å². The summed E-state index contributed by atoms with van der Waals surface area (Å²) < 4.78 is 21.6. The van der Waals surface area contributed by atoms with Crippen LogP contribution in [0.25, 0.3) is 17.0 Å². The molecule has 0 N–H and O–H groups in total. The smallest absolute Gasteiger partial charge is 0.221 e. The highest BCUT2D eigenvalue weighted by atomic mass is 16.5. The molecule has 2 aromatic carbocycles. The Kier molecular flexibility index (Phi) is 4.98. The molecule has 3 rings (SSSR count). The van der Waals surface area contributed by atoms with Crippen LogP contribution < -0.4 is 14.2 Å². The van der Waals surface area contributed by atoms with Crippen molar-refractivity contribution in [3.05, 3.63) is 59.4 Å². The van der Waals surface area contributed by atoms with Crippen LogP contribution in [0.3, 0.4) is 0 Å². The summed E-state index contributed by atoms with van der Waals surface area (Å²) >= 11 is 0. The number of ether oxygens (including phenoxy) is 3. The van der Waals surface area contributed by atoms with E-state index in [0.717, 1.165) is 16.5 Å². The van der Waals surface area contributed by atoms with Crippen molar-refractivity contribution >= 4 is 22.8 Å². The number of ketones is 1. The maximum atomic E-state index is 12.4. The van der Waals surface area contributed by atoms with Gasteiger partial charge in [-0.2, -0.15) is 0 Å². The molecule has 1 aromatic heterocycles. The van der Waals surface area contributed by atoms with E-state index in [1.54, 1.807) is 45.6 Å². The van der Waals surface area contributed by atoms with Crippen molar-refractivity contribution in [2.24, 2.45) is 0 Å². The second-order valence-corrected chi connectivity index (χ2v) is 5.81. The largest absolute Gasteiger partial charge is 0.493 e. The van der Waals surface area contributed by atoms with Gasteiger partial charge in [0.2, 0.25) is 11.5 Å². The van der Waals surface area contributed by atoms with Crippen molar-refractivity contribution in [1.29, 1.82) is 0 Å². The van der Waals surface area contributed by atoms with Crippen LogP contribution in [0.5, 0.6) is 17.2 Å². The van der Waals surface area contributed by atoms with Gasteiger partial charge < -0.3 is 18.6 Å². The molecule has 0 aliphatic rings. The summed E-state index contributed by atoms with van der Waals surface area (Å²) in [5, 5.41) is 0.903. The maximum Gasteiger partial charge on any atom is 0.221 e. The molecule has 5 heteroatoms. The van der Waals surface area contributed by atoms with Crippen molar-refractivity contribution in [2.75, 3.05) is 21.3 Å². The quantitative estimate of drug-likeness (QED) is 0.477. The van der Waals surface area contributed by atoms with Gasteiger partial charge in [0.1, 0.15) is 5.58 Å². The molecular formula is C21H20O5. The summed E-state index contributed by atoms with van der Waals surface area (Å²) in [6.07, 6.45) is 3.15. The fraction of sp³-hybridized carbons (Fsp3) is 0.190. The Morgan fingerprint density at radius 3 is 2.27 bits per heavy atom. The molecule has 3 aromatic rings. The van der Waals surface area contributed by atoms with Gasteiger partial charge in [-0.05, 0) is 48.4 Å². The molecule has 0 unspecified atom stereocenters. The Hall–Kier alpha value is -3.21. The highest BCUT2D eigenvalue weighted by Gasteiger charge is 2.13. The second kappa shape index (κ2) is 7.35. The van der Waals surface area contributed by atoms with Gasteiger partial charge in [0, 0.05) is 5.39 Å². The number of rotatable bonds is 6. The summed E-state index contributed by atoms with van der Waals surface area (Å²) in [6, 6.07) is 11.1. The summed E-state index contributed by atoms with van der Waals surface area (Å²) in [4.78, 5) is 12.4. The third kappa shape index (κ3) is 3.42. The predicted molar refractivity (Wildman–Crippen MR) is 100 cm³/mol. The van der Waals surface area contributed by atoms with Crippen LogP contribution >= 0.6 is 0 Å². The number of methoxy groups -OCH3 is 3. The number of aryl methyl sites for hydroxylation is 1. The van der Waals surface area contributed by atoms with E-state index in [0.29, 0.717) is 28.6 Å². The summed E-state index contributed by atoms with van der Waals surface area (Å²) in [6.45, 7) is 1.98. The van der Waals surface area contributed by atoms with Crippen molar-refractivity contribution in [3.63, 3.8) is 0 Å². The van der Waals surface area contributed by atoms with Gasteiger partial charge in [-0.1, -0.05) is 18.2 Å². The number of carbonyl (C=O) groups is 1. The lowest BCUT2D eigenvalue weighted by molar-refractivity contribution is 0.102. The Morgan fingerprint density at radius 1 is 0.962 bits per heavy atom. The molecule has 0 saturated heterocycles. The van der Waals surface area contributed by atoms with Gasteiger partial charge in [0.15, 0.2) is 17.3 Å². The minimum absolute atomic E-state index is 0.215. The van der Waals surface area contributed by atoms with Crippen molar-refractivity contribution in [3.8, 4) is 17.2 Å². The SMILES string of the molecule is COc1cc(/C=C/C(=O)c2cc3ccc(C)cc3o2)cc(OC)c1OC. The van der Waals surface area contributed by atoms with Crippen molar-refractivity contribution in [2.45, 2.75) is 6.92 Å². The number of fused-ring (bicyclic) bond motifs is 1. The predicted octanol–water partition coefficient (Wildman–Crippen LogP) is 4.66. The Labute approximate surface area is 151 Å². The number of allylic oxidation sites excluding steroid dienone is 1. The zero-order chi connectivity index (χ0) is 18.7. The average molecular weight is 352 g/mol. The summed E-state index contributed by atoms with van der Waals surface area (Å²) in [5.41, 5.74) is 2.54. The van der Waals surface area contributed by atoms with Gasteiger partial charge in [0.25, 0.3) is 0 Å². The highest BCUT2D eigenvalue weighted by Crippen LogP contribution is 2.38. The highest BCUT2D eigenvalue weighted by molar-refractivity contribution is 6.07. The molecule has 0 spiro atoms. The molecule has 0 aliphatic carbocycles. The number of furan rings is 1. The van der Waals surface area contributed by atoms with Gasteiger partial charge in [-0.15, -0.1) is 0 Å². The number of hydrogen-bond donors (Lipinski definition) is 0. The van der Waals surface area contributed by atoms with Crippen molar-refractivity contribution < 1.29 is 23.4 Å². The summed E-state index contributed by atoms with van der Waals surface area (Å²) in [7, 11) is 4.64.